The summed E-state index contributed by atoms with van der Waals surface area (Å²) >= 11 is 0. The molecule has 1 saturated carbocycles. The Morgan fingerprint density at radius 1 is 1.12 bits per heavy atom. The van der Waals surface area contributed by atoms with Gasteiger partial charge in [0.1, 0.15) is 0 Å². The fraction of sp³-hybridized carbons (Fsp3) is 0.526. The third-order valence-corrected chi connectivity index (χ3v) is 7.69. The lowest BCUT2D eigenvalue weighted by Crippen LogP contribution is -2.38. The molecule has 0 atom stereocenters. The van der Waals surface area contributed by atoms with Crippen LogP contribution in [-0.2, 0) is 23.1 Å². The van der Waals surface area contributed by atoms with Gasteiger partial charge in [-0.2, -0.15) is 9.57 Å². The molecule has 0 saturated heterocycles. The van der Waals surface area contributed by atoms with Crippen LogP contribution in [0.5, 0.6) is 0 Å². The van der Waals surface area contributed by atoms with Gasteiger partial charge < -0.3 is 4.57 Å². The van der Waals surface area contributed by atoms with Gasteiger partial charge in [0.05, 0.1) is 23.8 Å². The largest absolute Gasteiger partial charge is 0.343 e. The van der Waals surface area contributed by atoms with E-state index in [2.05, 4.69) is 28.8 Å². The molecule has 2 aromatic rings. The molecule has 2 aliphatic rings. The summed E-state index contributed by atoms with van der Waals surface area (Å²) in [7, 11) is -3.44. The maximum atomic E-state index is 13.0. The maximum Gasteiger partial charge on any atom is 0.216 e. The van der Waals surface area contributed by atoms with Crippen LogP contribution in [0.1, 0.15) is 37.8 Å². The highest BCUT2D eigenvalue weighted by molar-refractivity contribution is 7.89. The number of sulfonamides is 1. The summed E-state index contributed by atoms with van der Waals surface area (Å²) in [6.45, 7) is 1.76. The second kappa shape index (κ2) is 6.15. The zero-order valence-electron chi connectivity index (χ0n) is 14.3. The van der Waals surface area contributed by atoms with E-state index in [-0.39, 0.29) is 5.75 Å². The zero-order valence-corrected chi connectivity index (χ0v) is 15.1. The minimum Gasteiger partial charge on any atom is -0.343 e. The van der Waals surface area contributed by atoms with Gasteiger partial charge in [0.15, 0.2) is 0 Å². The highest BCUT2D eigenvalue weighted by Crippen LogP contribution is 2.39. The Bertz CT molecular complexity index is 933. The smallest absolute Gasteiger partial charge is 0.216 e. The molecule has 25 heavy (non-hydrogen) atoms. The predicted octanol–water partition coefficient (Wildman–Crippen LogP) is 3.26. The molecular weight excluding hydrogens is 334 g/mol. The molecule has 0 spiro atoms. The lowest BCUT2D eigenvalue weighted by molar-refractivity contribution is 0.386. The first kappa shape index (κ1) is 16.6. The molecule has 5 nitrogen and oxygen atoms in total. The van der Waals surface area contributed by atoms with Crippen LogP contribution in [0.3, 0.4) is 0 Å². The van der Waals surface area contributed by atoms with E-state index < -0.39 is 15.4 Å². The van der Waals surface area contributed by atoms with Crippen molar-refractivity contribution in [2.24, 2.45) is 5.41 Å². The van der Waals surface area contributed by atoms with Gasteiger partial charge in [0.2, 0.25) is 10.0 Å². The Balaban J connectivity index is 1.63. The molecule has 0 amide bonds. The zero-order chi connectivity index (χ0) is 17.5. The molecule has 132 valence electrons. The summed E-state index contributed by atoms with van der Waals surface area (Å²) in [5, 5.41) is 10.7. The fourth-order valence-corrected chi connectivity index (χ4v) is 6.32. The van der Waals surface area contributed by atoms with E-state index in [9.17, 15) is 13.7 Å². The Labute approximate surface area is 148 Å². The molecular formula is C19H23N3O2S. The number of benzene rings is 1. The molecule has 0 unspecified atom stereocenters. The van der Waals surface area contributed by atoms with Crippen LogP contribution in [0, 0.1) is 16.7 Å². The summed E-state index contributed by atoms with van der Waals surface area (Å²) in [5.41, 5.74) is 1.53. The van der Waals surface area contributed by atoms with Gasteiger partial charge in [-0.25, -0.2) is 8.42 Å². The molecule has 1 aliphatic carbocycles. The molecule has 1 aliphatic heterocycles. The van der Waals surface area contributed by atoms with E-state index in [0.717, 1.165) is 36.9 Å². The monoisotopic (exact) mass is 357 g/mol. The molecule has 4 rings (SSSR count). The van der Waals surface area contributed by atoms with Crippen LogP contribution >= 0.6 is 0 Å². The van der Waals surface area contributed by atoms with Gasteiger partial charge in [-0.1, -0.05) is 31.0 Å². The van der Waals surface area contributed by atoms with Gasteiger partial charge in [0.25, 0.3) is 0 Å². The van der Waals surface area contributed by atoms with Gasteiger partial charge in [-0.3, -0.25) is 0 Å². The van der Waals surface area contributed by atoms with Crippen molar-refractivity contribution in [1.29, 1.82) is 5.26 Å². The number of hydrogen-bond acceptors (Lipinski definition) is 3. The lowest BCUT2D eigenvalue weighted by Gasteiger charge is -2.26. The van der Waals surface area contributed by atoms with Crippen LogP contribution in [0.4, 0.5) is 0 Å². The predicted molar refractivity (Wildman–Crippen MR) is 97.3 cm³/mol. The number of hydrogen-bond donors (Lipinski definition) is 0. The van der Waals surface area contributed by atoms with E-state index in [1.165, 1.54) is 5.52 Å². The molecule has 1 fully saturated rings. The van der Waals surface area contributed by atoms with Crippen LogP contribution in [0.25, 0.3) is 10.9 Å². The van der Waals surface area contributed by atoms with Crippen LogP contribution in [0.2, 0.25) is 0 Å². The van der Waals surface area contributed by atoms with Gasteiger partial charge in [-0.15, -0.1) is 0 Å². The number of para-hydroxylation sites is 1. The molecule has 0 N–H and O–H groups in total. The molecule has 1 aromatic carbocycles. The number of nitriles is 1. The molecule has 0 radical (unpaired) electrons. The maximum absolute atomic E-state index is 13.0. The first-order chi connectivity index (χ1) is 12.0. The van der Waals surface area contributed by atoms with Crippen molar-refractivity contribution in [2.45, 2.75) is 45.2 Å². The van der Waals surface area contributed by atoms with Crippen molar-refractivity contribution in [1.82, 2.24) is 8.87 Å². The van der Waals surface area contributed by atoms with Gasteiger partial charge in [-0.05, 0) is 36.8 Å². The van der Waals surface area contributed by atoms with Crippen LogP contribution < -0.4 is 0 Å². The summed E-state index contributed by atoms with van der Waals surface area (Å²) in [6.07, 6.45) is 4.12. The topological polar surface area (TPSA) is 66.1 Å². The second-order valence-electron chi connectivity index (χ2n) is 7.39. The van der Waals surface area contributed by atoms with Crippen molar-refractivity contribution in [3.63, 3.8) is 0 Å². The van der Waals surface area contributed by atoms with Crippen molar-refractivity contribution in [3.8, 4) is 6.07 Å². The molecule has 0 bridgehead atoms. The summed E-state index contributed by atoms with van der Waals surface area (Å²) in [5.74, 6) is -0.0310. The number of rotatable bonds is 3. The van der Waals surface area contributed by atoms with Gasteiger partial charge in [0, 0.05) is 24.3 Å². The summed E-state index contributed by atoms with van der Waals surface area (Å²) < 4.78 is 29.9. The Kier molecular flexibility index (Phi) is 4.09. The third-order valence-electron chi connectivity index (χ3n) is 5.67. The number of nitrogens with zero attached hydrogens (tertiary/aromatic N) is 3. The van der Waals surface area contributed by atoms with Crippen molar-refractivity contribution < 1.29 is 8.42 Å². The Morgan fingerprint density at radius 3 is 2.64 bits per heavy atom. The molecule has 2 heterocycles. The molecule has 1 aromatic heterocycles. The molecule has 6 heteroatoms. The average Bonchev–Trinajstić information content (AvgIpc) is 3.13. The van der Waals surface area contributed by atoms with E-state index in [0.29, 0.717) is 25.9 Å². The highest BCUT2D eigenvalue weighted by atomic mass is 32.2. The van der Waals surface area contributed by atoms with Crippen molar-refractivity contribution in [3.05, 3.63) is 36.0 Å². The Hall–Kier alpha value is -1.84. The number of fused-ring (bicyclic) bond motifs is 3. The normalized spacial score (nSPS) is 20.9. The lowest BCUT2D eigenvalue weighted by atomic mass is 9.91. The second-order valence-corrected chi connectivity index (χ2v) is 9.36. The third kappa shape index (κ3) is 2.96. The van der Waals surface area contributed by atoms with Gasteiger partial charge >= 0.3 is 0 Å². The van der Waals surface area contributed by atoms with Crippen LogP contribution in [-0.4, -0.2) is 29.6 Å². The summed E-state index contributed by atoms with van der Waals surface area (Å²) in [6, 6.07) is 12.6. The minimum atomic E-state index is -3.44. The minimum absolute atomic E-state index is 0.0310. The van der Waals surface area contributed by atoms with E-state index in [1.54, 1.807) is 4.31 Å². The first-order valence-corrected chi connectivity index (χ1v) is 10.6. The SMILES string of the molecule is N#CC1(CS(=O)(=O)N2CCCn3c(cc4ccccc43)C2)CCCC1. The quantitative estimate of drug-likeness (QED) is 0.847. The van der Waals surface area contributed by atoms with E-state index >= 15 is 0 Å². The Morgan fingerprint density at radius 2 is 1.88 bits per heavy atom. The average molecular weight is 357 g/mol. The van der Waals surface area contributed by atoms with Crippen molar-refractivity contribution in [2.75, 3.05) is 12.3 Å². The number of aromatic nitrogens is 1. The van der Waals surface area contributed by atoms with E-state index in [1.807, 2.05) is 12.1 Å². The standard InChI is InChI=1S/C19H23N3O2S/c20-14-19(8-3-4-9-19)15-25(23,24)21-10-5-11-22-17(13-21)12-16-6-1-2-7-18(16)22/h1-2,6-7,12H,3-5,8-11,13,15H2. The number of aryl methyl sites for hydroxylation is 1. The van der Waals surface area contributed by atoms with Crippen molar-refractivity contribution >= 4 is 20.9 Å². The fourth-order valence-electron chi connectivity index (χ4n) is 4.35. The highest BCUT2D eigenvalue weighted by Gasteiger charge is 2.41. The first-order valence-electron chi connectivity index (χ1n) is 8.99. The van der Waals surface area contributed by atoms with Crippen LogP contribution in [0.15, 0.2) is 30.3 Å². The van der Waals surface area contributed by atoms with E-state index in [4.69, 9.17) is 0 Å². The summed E-state index contributed by atoms with van der Waals surface area (Å²) in [4.78, 5) is 0.